The Hall–Kier alpha value is -0.530. The standard InChI is InChI=1S/C13H23NO2S/c1-3-8-13(4-2)14-17(15,16)11-12-9-6-5-7-10-12/h1,12-14H,4-11H2,2H3. The molecule has 1 fully saturated rings. The lowest BCUT2D eigenvalue weighted by molar-refractivity contribution is 0.383. The molecule has 1 aliphatic rings. The van der Waals surface area contributed by atoms with Gasteiger partial charge in [0.2, 0.25) is 10.0 Å². The fraction of sp³-hybridized carbons (Fsp3) is 0.846. The van der Waals surface area contributed by atoms with Gasteiger partial charge in [-0.1, -0.05) is 26.2 Å². The Kier molecular flexibility index (Phi) is 6.01. The molecule has 1 saturated carbocycles. The Morgan fingerprint density at radius 3 is 2.53 bits per heavy atom. The van der Waals surface area contributed by atoms with Crippen molar-refractivity contribution in [2.24, 2.45) is 5.92 Å². The first kappa shape index (κ1) is 14.5. The van der Waals surface area contributed by atoms with Gasteiger partial charge in [-0.05, 0) is 25.2 Å². The van der Waals surface area contributed by atoms with Crippen LogP contribution in [-0.2, 0) is 10.0 Å². The normalized spacial score (nSPS) is 19.8. The number of sulfonamides is 1. The minimum atomic E-state index is -3.16. The van der Waals surface area contributed by atoms with Crippen molar-refractivity contribution < 1.29 is 8.42 Å². The van der Waals surface area contributed by atoms with Crippen LogP contribution in [0, 0.1) is 18.3 Å². The van der Waals surface area contributed by atoms with Crippen LogP contribution in [0.2, 0.25) is 0 Å². The van der Waals surface area contributed by atoms with Gasteiger partial charge in [-0.2, -0.15) is 0 Å². The third kappa shape index (κ3) is 5.56. The Labute approximate surface area is 105 Å². The first-order valence-corrected chi connectivity index (χ1v) is 8.16. The van der Waals surface area contributed by atoms with Gasteiger partial charge >= 0.3 is 0 Å². The minimum Gasteiger partial charge on any atom is -0.212 e. The van der Waals surface area contributed by atoms with E-state index in [1.54, 1.807) is 0 Å². The van der Waals surface area contributed by atoms with Gasteiger partial charge in [0.1, 0.15) is 0 Å². The van der Waals surface area contributed by atoms with Crippen LogP contribution in [0.5, 0.6) is 0 Å². The highest BCUT2D eigenvalue weighted by Gasteiger charge is 2.23. The van der Waals surface area contributed by atoms with E-state index in [4.69, 9.17) is 6.42 Å². The smallest absolute Gasteiger partial charge is 0.212 e. The molecule has 0 bridgehead atoms. The molecule has 0 radical (unpaired) electrons. The molecular formula is C13H23NO2S. The quantitative estimate of drug-likeness (QED) is 0.742. The van der Waals surface area contributed by atoms with E-state index >= 15 is 0 Å². The molecule has 1 aliphatic carbocycles. The summed E-state index contributed by atoms with van der Waals surface area (Å²) in [6.45, 7) is 1.95. The molecule has 0 aromatic carbocycles. The minimum absolute atomic E-state index is 0.103. The fourth-order valence-corrected chi connectivity index (χ4v) is 4.19. The highest BCUT2D eigenvalue weighted by molar-refractivity contribution is 7.89. The summed E-state index contributed by atoms with van der Waals surface area (Å²) in [5, 5.41) is 0. The van der Waals surface area contributed by atoms with Crippen molar-refractivity contribution in [3.8, 4) is 12.3 Å². The van der Waals surface area contributed by atoms with Gasteiger partial charge in [-0.3, -0.25) is 0 Å². The summed E-state index contributed by atoms with van der Waals surface area (Å²) in [7, 11) is -3.16. The molecule has 0 aromatic heterocycles. The lowest BCUT2D eigenvalue weighted by Crippen LogP contribution is -2.37. The van der Waals surface area contributed by atoms with Gasteiger partial charge in [0, 0.05) is 12.5 Å². The average molecular weight is 257 g/mol. The summed E-state index contributed by atoms with van der Waals surface area (Å²) < 4.78 is 26.6. The van der Waals surface area contributed by atoms with E-state index in [2.05, 4.69) is 10.6 Å². The molecule has 3 nitrogen and oxygen atoms in total. The lowest BCUT2D eigenvalue weighted by Gasteiger charge is -2.23. The van der Waals surface area contributed by atoms with Crippen molar-refractivity contribution in [3.05, 3.63) is 0 Å². The molecule has 17 heavy (non-hydrogen) atoms. The summed E-state index contributed by atoms with van der Waals surface area (Å²) in [5.74, 6) is 3.13. The van der Waals surface area contributed by atoms with E-state index in [0.29, 0.717) is 12.3 Å². The Balaban J connectivity index is 2.46. The van der Waals surface area contributed by atoms with Gasteiger partial charge in [0.15, 0.2) is 0 Å². The molecule has 0 amide bonds. The van der Waals surface area contributed by atoms with Gasteiger partial charge in [0.25, 0.3) is 0 Å². The van der Waals surface area contributed by atoms with Gasteiger partial charge in [-0.25, -0.2) is 13.1 Å². The molecule has 0 aromatic rings. The van der Waals surface area contributed by atoms with E-state index in [0.717, 1.165) is 19.3 Å². The molecule has 4 heteroatoms. The average Bonchev–Trinajstić information content (AvgIpc) is 2.29. The number of nitrogens with one attached hydrogen (secondary N) is 1. The molecule has 1 unspecified atom stereocenters. The SMILES string of the molecule is C#CCC(CC)NS(=O)(=O)CC1CCCCC1. The monoisotopic (exact) mass is 257 g/mol. The predicted octanol–water partition coefficient (Wildman–Crippen LogP) is 2.29. The molecular weight excluding hydrogens is 234 g/mol. The largest absolute Gasteiger partial charge is 0.212 e. The number of hydrogen-bond donors (Lipinski definition) is 1. The van der Waals surface area contributed by atoms with Crippen molar-refractivity contribution >= 4 is 10.0 Å². The lowest BCUT2D eigenvalue weighted by atomic mass is 9.91. The maximum atomic E-state index is 12.0. The third-order valence-electron chi connectivity index (χ3n) is 3.38. The predicted molar refractivity (Wildman–Crippen MR) is 71.0 cm³/mol. The second-order valence-electron chi connectivity index (χ2n) is 4.92. The van der Waals surface area contributed by atoms with Crippen LogP contribution in [-0.4, -0.2) is 20.2 Å². The summed E-state index contributed by atoms with van der Waals surface area (Å²) in [6.07, 6.45) is 12.1. The van der Waals surface area contributed by atoms with Crippen molar-refractivity contribution in [2.45, 2.75) is 57.9 Å². The molecule has 0 saturated heterocycles. The van der Waals surface area contributed by atoms with E-state index in [-0.39, 0.29) is 11.8 Å². The molecule has 0 aliphatic heterocycles. The zero-order valence-corrected chi connectivity index (χ0v) is 11.4. The number of rotatable bonds is 6. The van der Waals surface area contributed by atoms with E-state index in [9.17, 15) is 8.42 Å². The Morgan fingerprint density at radius 2 is 2.00 bits per heavy atom. The number of terminal acetylenes is 1. The summed E-state index contributed by atoms with van der Waals surface area (Å²) in [4.78, 5) is 0. The number of hydrogen-bond acceptors (Lipinski definition) is 2. The maximum absolute atomic E-state index is 12.0. The van der Waals surface area contributed by atoms with Gasteiger partial charge in [-0.15, -0.1) is 12.3 Å². The van der Waals surface area contributed by atoms with Crippen LogP contribution in [0.4, 0.5) is 0 Å². The van der Waals surface area contributed by atoms with Crippen LogP contribution < -0.4 is 4.72 Å². The maximum Gasteiger partial charge on any atom is 0.212 e. The molecule has 1 atom stereocenters. The second kappa shape index (κ2) is 7.03. The van der Waals surface area contributed by atoms with Gasteiger partial charge < -0.3 is 0 Å². The molecule has 0 heterocycles. The van der Waals surface area contributed by atoms with Gasteiger partial charge in [0.05, 0.1) is 5.75 Å². The van der Waals surface area contributed by atoms with Crippen LogP contribution in [0.3, 0.4) is 0 Å². The first-order chi connectivity index (χ1) is 8.07. The van der Waals surface area contributed by atoms with Crippen LogP contribution in [0.25, 0.3) is 0 Å². The third-order valence-corrected chi connectivity index (χ3v) is 4.99. The summed E-state index contributed by atoms with van der Waals surface area (Å²) in [5.41, 5.74) is 0. The van der Waals surface area contributed by atoms with Crippen molar-refractivity contribution in [3.63, 3.8) is 0 Å². The topological polar surface area (TPSA) is 46.2 Å². The highest BCUT2D eigenvalue weighted by Crippen LogP contribution is 2.24. The molecule has 98 valence electrons. The molecule has 1 rings (SSSR count). The zero-order chi connectivity index (χ0) is 12.7. The van der Waals surface area contributed by atoms with E-state index in [1.807, 2.05) is 6.92 Å². The van der Waals surface area contributed by atoms with E-state index < -0.39 is 10.0 Å². The van der Waals surface area contributed by atoms with Crippen molar-refractivity contribution in [1.82, 2.24) is 4.72 Å². The van der Waals surface area contributed by atoms with Crippen molar-refractivity contribution in [2.75, 3.05) is 5.75 Å². The summed E-state index contributed by atoms with van der Waals surface area (Å²) >= 11 is 0. The zero-order valence-electron chi connectivity index (χ0n) is 10.6. The van der Waals surface area contributed by atoms with Crippen LogP contribution >= 0.6 is 0 Å². The van der Waals surface area contributed by atoms with Crippen molar-refractivity contribution in [1.29, 1.82) is 0 Å². The second-order valence-corrected chi connectivity index (χ2v) is 6.72. The molecule has 0 spiro atoms. The highest BCUT2D eigenvalue weighted by atomic mass is 32.2. The molecule has 1 N–H and O–H groups in total. The van der Waals surface area contributed by atoms with E-state index in [1.165, 1.54) is 19.3 Å². The Morgan fingerprint density at radius 1 is 1.35 bits per heavy atom. The summed E-state index contributed by atoms with van der Waals surface area (Å²) in [6, 6.07) is -0.103. The fourth-order valence-electron chi connectivity index (χ4n) is 2.38. The van der Waals surface area contributed by atoms with Crippen LogP contribution in [0.1, 0.15) is 51.9 Å². The van der Waals surface area contributed by atoms with Crippen LogP contribution in [0.15, 0.2) is 0 Å². The Bertz CT molecular complexity index is 350. The first-order valence-electron chi connectivity index (χ1n) is 6.51.